The molecule has 0 aromatic carbocycles. The molecule has 0 aromatic heterocycles. The highest BCUT2D eigenvalue weighted by Gasteiger charge is 2.26. The summed E-state index contributed by atoms with van der Waals surface area (Å²) >= 11 is 0. The fraction of sp³-hybridized carbons (Fsp3) is 0.857. The highest BCUT2D eigenvalue weighted by molar-refractivity contribution is 5.15. The van der Waals surface area contributed by atoms with Crippen LogP contribution in [0.25, 0.3) is 0 Å². The van der Waals surface area contributed by atoms with Gasteiger partial charge in [0.2, 0.25) is 0 Å². The molecule has 2 rings (SSSR count). The number of aliphatic hydroxyl groups is 1. The Labute approximate surface area is 99.0 Å². The third kappa shape index (κ3) is 3.50. The lowest BCUT2D eigenvalue weighted by Crippen LogP contribution is -2.32. The summed E-state index contributed by atoms with van der Waals surface area (Å²) in [6, 6.07) is 0. The lowest BCUT2D eigenvalue weighted by atomic mass is 9.85. The summed E-state index contributed by atoms with van der Waals surface area (Å²) in [6.07, 6.45) is 9.27. The molecule has 0 aromatic rings. The van der Waals surface area contributed by atoms with Crippen LogP contribution in [-0.2, 0) is 0 Å². The van der Waals surface area contributed by atoms with Gasteiger partial charge < -0.3 is 5.11 Å². The first-order chi connectivity index (χ1) is 7.79. The molecule has 0 atom stereocenters. The SMILES string of the molecule is OC1(C#CCN2CCCCC2)CCCCC1. The summed E-state index contributed by atoms with van der Waals surface area (Å²) in [5.74, 6) is 6.30. The first-order valence-electron chi connectivity index (χ1n) is 6.73. The Balaban J connectivity index is 1.79. The fourth-order valence-electron chi connectivity index (χ4n) is 2.70. The van der Waals surface area contributed by atoms with E-state index in [4.69, 9.17) is 0 Å². The van der Waals surface area contributed by atoms with Gasteiger partial charge in [0, 0.05) is 0 Å². The molecule has 1 heterocycles. The standard InChI is InChI=1S/C14H23NO/c16-14(8-3-1-4-9-14)10-7-13-15-11-5-2-6-12-15/h16H,1-6,8-9,11-13H2. The minimum absolute atomic E-state index is 0.659. The van der Waals surface area contributed by atoms with Crippen LogP contribution < -0.4 is 0 Å². The zero-order chi connectivity index (χ0) is 11.3. The molecular formula is C14H23NO. The van der Waals surface area contributed by atoms with Gasteiger partial charge in [0.15, 0.2) is 0 Å². The van der Waals surface area contributed by atoms with Gasteiger partial charge in [-0.2, -0.15) is 0 Å². The van der Waals surface area contributed by atoms with Gasteiger partial charge in [-0.05, 0) is 51.6 Å². The van der Waals surface area contributed by atoms with Gasteiger partial charge in [-0.25, -0.2) is 0 Å². The van der Waals surface area contributed by atoms with Crippen molar-refractivity contribution in [3.63, 3.8) is 0 Å². The van der Waals surface area contributed by atoms with Crippen LogP contribution in [0.2, 0.25) is 0 Å². The Morgan fingerprint density at radius 3 is 2.25 bits per heavy atom. The predicted octanol–water partition coefficient (Wildman–Crippen LogP) is 2.17. The summed E-state index contributed by atoms with van der Waals surface area (Å²) in [6.45, 7) is 3.22. The van der Waals surface area contributed by atoms with E-state index in [0.29, 0.717) is 0 Å². The van der Waals surface area contributed by atoms with Crippen molar-refractivity contribution in [2.24, 2.45) is 0 Å². The maximum Gasteiger partial charge on any atom is 0.125 e. The Morgan fingerprint density at radius 1 is 0.938 bits per heavy atom. The minimum Gasteiger partial charge on any atom is -0.378 e. The third-order valence-corrected chi connectivity index (χ3v) is 3.75. The Kier molecular flexibility index (Phi) is 4.26. The molecular weight excluding hydrogens is 198 g/mol. The molecule has 1 N–H and O–H groups in total. The number of likely N-dealkylation sites (tertiary alicyclic amines) is 1. The molecule has 2 heteroatoms. The maximum absolute atomic E-state index is 10.2. The van der Waals surface area contributed by atoms with E-state index in [0.717, 1.165) is 32.2 Å². The monoisotopic (exact) mass is 221 g/mol. The summed E-state index contributed by atoms with van der Waals surface area (Å²) in [5.41, 5.74) is -0.659. The second-order valence-electron chi connectivity index (χ2n) is 5.23. The molecule has 2 aliphatic rings. The fourth-order valence-corrected chi connectivity index (χ4v) is 2.70. The number of piperidine rings is 1. The molecule has 0 spiro atoms. The van der Waals surface area contributed by atoms with E-state index >= 15 is 0 Å². The lowest BCUT2D eigenvalue weighted by Gasteiger charge is -2.27. The summed E-state index contributed by atoms with van der Waals surface area (Å²) in [4.78, 5) is 2.41. The first-order valence-corrected chi connectivity index (χ1v) is 6.73. The van der Waals surface area contributed by atoms with Gasteiger partial charge >= 0.3 is 0 Å². The van der Waals surface area contributed by atoms with Crippen LogP contribution in [0.3, 0.4) is 0 Å². The number of rotatable bonds is 1. The van der Waals surface area contributed by atoms with Crippen molar-refractivity contribution in [2.75, 3.05) is 19.6 Å². The molecule has 2 fully saturated rings. The van der Waals surface area contributed by atoms with Crippen molar-refractivity contribution in [3.05, 3.63) is 0 Å². The second-order valence-corrected chi connectivity index (χ2v) is 5.23. The van der Waals surface area contributed by atoms with Crippen LogP contribution in [0.4, 0.5) is 0 Å². The number of hydrogen-bond donors (Lipinski definition) is 1. The predicted molar refractivity (Wildman–Crippen MR) is 66.1 cm³/mol. The third-order valence-electron chi connectivity index (χ3n) is 3.75. The van der Waals surface area contributed by atoms with Crippen LogP contribution in [-0.4, -0.2) is 35.2 Å². The Hall–Kier alpha value is -0.520. The average molecular weight is 221 g/mol. The Morgan fingerprint density at radius 2 is 1.56 bits per heavy atom. The van der Waals surface area contributed by atoms with E-state index in [1.165, 1.54) is 38.8 Å². The zero-order valence-electron chi connectivity index (χ0n) is 10.2. The van der Waals surface area contributed by atoms with Crippen LogP contribution in [0, 0.1) is 11.8 Å². The highest BCUT2D eigenvalue weighted by atomic mass is 16.3. The van der Waals surface area contributed by atoms with Crippen molar-refractivity contribution in [2.45, 2.75) is 57.0 Å². The van der Waals surface area contributed by atoms with Crippen LogP contribution in [0.15, 0.2) is 0 Å². The van der Waals surface area contributed by atoms with Gasteiger partial charge in [0.05, 0.1) is 6.54 Å². The van der Waals surface area contributed by atoms with Crippen LogP contribution in [0.5, 0.6) is 0 Å². The van der Waals surface area contributed by atoms with Gasteiger partial charge in [-0.15, -0.1) is 0 Å². The summed E-state index contributed by atoms with van der Waals surface area (Å²) in [7, 11) is 0. The van der Waals surface area contributed by atoms with E-state index in [1.54, 1.807) is 0 Å². The van der Waals surface area contributed by atoms with Crippen molar-refractivity contribution < 1.29 is 5.11 Å². The molecule has 2 nitrogen and oxygen atoms in total. The highest BCUT2D eigenvalue weighted by Crippen LogP contribution is 2.27. The largest absolute Gasteiger partial charge is 0.378 e. The van der Waals surface area contributed by atoms with E-state index in [9.17, 15) is 5.11 Å². The molecule has 1 saturated heterocycles. The van der Waals surface area contributed by atoms with E-state index in [-0.39, 0.29) is 0 Å². The molecule has 0 unspecified atom stereocenters. The molecule has 1 saturated carbocycles. The number of hydrogen-bond acceptors (Lipinski definition) is 2. The summed E-state index contributed by atoms with van der Waals surface area (Å²) < 4.78 is 0. The van der Waals surface area contributed by atoms with E-state index in [2.05, 4.69) is 16.7 Å². The average Bonchev–Trinajstić information content (AvgIpc) is 2.31. The smallest absolute Gasteiger partial charge is 0.125 e. The molecule has 90 valence electrons. The quantitative estimate of drug-likeness (QED) is 0.686. The van der Waals surface area contributed by atoms with Gasteiger partial charge in [0.1, 0.15) is 5.60 Å². The molecule has 0 amide bonds. The number of nitrogens with zero attached hydrogens (tertiary/aromatic N) is 1. The van der Waals surface area contributed by atoms with Gasteiger partial charge in [-0.1, -0.05) is 24.7 Å². The van der Waals surface area contributed by atoms with Crippen LogP contribution >= 0.6 is 0 Å². The zero-order valence-corrected chi connectivity index (χ0v) is 10.2. The van der Waals surface area contributed by atoms with E-state index in [1.807, 2.05) is 0 Å². The molecule has 16 heavy (non-hydrogen) atoms. The first kappa shape index (κ1) is 12.0. The topological polar surface area (TPSA) is 23.5 Å². The minimum atomic E-state index is -0.659. The van der Waals surface area contributed by atoms with Crippen molar-refractivity contribution in [1.29, 1.82) is 0 Å². The van der Waals surface area contributed by atoms with Crippen molar-refractivity contribution in [1.82, 2.24) is 4.90 Å². The van der Waals surface area contributed by atoms with Gasteiger partial charge in [-0.3, -0.25) is 4.90 Å². The molecule has 0 bridgehead atoms. The molecule has 0 radical (unpaired) electrons. The molecule has 1 aliphatic carbocycles. The second kappa shape index (κ2) is 5.70. The Bertz CT molecular complexity index is 264. The normalized spacial score (nSPS) is 25.8. The van der Waals surface area contributed by atoms with Gasteiger partial charge in [0.25, 0.3) is 0 Å². The van der Waals surface area contributed by atoms with Crippen molar-refractivity contribution in [3.8, 4) is 11.8 Å². The van der Waals surface area contributed by atoms with Crippen LogP contribution in [0.1, 0.15) is 51.4 Å². The van der Waals surface area contributed by atoms with Crippen molar-refractivity contribution >= 4 is 0 Å². The molecule has 1 aliphatic heterocycles. The maximum atomic E-state index is 10.2. The lowest BCUT2D eigenvalue weighted by molar-refractivity contribution is 0.0608. The van der Waals surface area contributed by atoms with E-state index < -0.39 is 5.60 Å². The summed E-state index contributed by atoms with van der Waals surface area (Å²) in [5, 5.41) is 10.2.